The first-order chi connectivity index (χ1) is 16.1. The van der Waals surface area contributed by atoms with Gasteiger partial charge < -0.3 is 19.5 Å². The number of alkyl halides is 2. The van der Waals surface area contributed by atoms with Crippen LogP contribution in [-0.4, -0.2) is 42.5 Å². The second-order valence-electron chi connectivity index (χ2n) is 9.86. The number of methoxy groups -OCH3 is 1. The van der Waals surface area contributed by atoms with Crippen molar-refractivity contribution in [1.29, 1.82) is 0 Å². The van der Waals surface area contributed by atoms with Gasteiger partial charge in [0.25, 0.3) is 5.92 Å². The van der Waals surface area contributed by atoms with Gasteiger partial charge in [0.05, 0.1) is 31.9 Å². The van der Waals surface area contributed by atoms with Crippen molar-refractivity contribution in [1.82, 2.24) is 0 Å². The van der Waals surface area contributed by atoms with Gasteiger partial charge in [-0.3, -0.25) is 4.57 Å². The molecular weight excluding hydrogens is 461 g/mol. The van der Waals surface area contributed by atoms with Crippen LogP contribution in [0.2, 0.25) is 0 Å². The number of hydrogen-bond acceptors (Lipinski definition) is 4. The van der Waals surface area contributed by atoms with E-state index in [2.05, 4.69) is 0 Å². The summed E-state index contributed by atoms with van der Waals surface area (Å²) >= 11 is 0. The number of ether oxygens (including phenoxy) is 2. The van der Waals surface area contributed by atoms with E-state index < -0.39 is 25.3 Å². The zero-order chi connectivity index (χ0) is 24.5. The molecule has 3 atom stereocenters. The average Bonchev–Trinajstić information content (AvgIpc) is 3.44. The molecule has 2 aromatic carbocycles. The minimum atomic E-state index is -3.33. The van der Waals surface area contributed by atoms with Crippen LogP contribution in [0.1, 0.15) is 66.7 Å². The molecule has 8 heteroatoms. The molecule has 0 heterocycles. The van der Waals surface area contributed by atoms with Gasteiger partial charge in [0.15, 0.2) is 0 Å². The first-order valence-electron chi connectivity index (χ1n) is 11.8. The molecule has 2 fully saturated rings. The predicted octanol–water partition coefficient (Wildman–Crippen LogP) is 6.10. The molecule has 0 aromatic heterocycles. The van der Waals surface area contributed by atoms with Crippen molar-refractivity contribution in [2.75, 3.05) is 26.5 Å². The SMILES string of the molecule is COc1ccc(C2CC2(F)F)c(C2CCC(COc3cccc([C@H](O)CP(C)(=O)O)c3)CC2)c1. The maximum absolute atomic E-state index is 13.8. The minimum absolute atomic E-state index is 0.0720. The van der Waals surface area contributed by atoms with Crippen LogP contribution in [0, 0.1) is 5.92 Å². The van der Waals surface area contributed by atoms with Crippen molar-refractivity contribution in [2.45, 2.75) is 56.0 Å². The van der Waals surface area contributed by atoms with Gasteiger partial charge in [-0.2, -0.15) is 0 Å². The third kappa shape index (κ3) is 6.18. The normalized spacial score (nSPS) is 26.4. The van der Waals surface area contributed by atoms with Gasteiger partial charge in [-0.1, -0.05) is 18.2 Å². The third-order valence-electron chi connectivity index (χ3n) is 7.02. The van der Waals surface area contributed by atoms with Gasteiger partial charge in [0.1, 0.15) is 11.5 Å². The molecule has 0 bridgehead atoms. The Hall–Kier alpha value is -1.95. The maximum Gasteiger partial charge on any atom is 0.255 e. The number of benzene rings is 2. The van der Waals surface area contributed by atoms with Crippen LogP contribution in [0.25, 0.3) is 0 Å². The summed E-state index contributed by atoms with van der Waals surface area (Å²) < 4.78 is 50.5. The standard InChI is InChI=1S/C26H33F2O5P/c1-32-20-10-11-22(24-14-26(24,27)28)23(13-20)18-8-6-17(7-9-18)15-33-21-5-3-4-19(12-21)25(29)16-34(2,30)31/h3-5,10-13,17-18,24-25,29H,6-9,14-16H2,1-2H3,(H,30,31)/t17?,18?,24?,25-/m1/s1. The third-order valence-corrected chi connectivity index (χ3v) is 8.05. The molecule has 0 amide bonds. The molecule has 4 rings (SSSR count). The molecule has 0 spiro atoms. The lowest BCUT2D eigenvalue weighted by Crippen LogP contribution is -2.20. The first-order valence-corrected chi connectivity index (χ1v) is 14.1. The molecule has 2 aliphatic carbocycles. The molecule has 2 unspecified atom stereocenters. The Labute approximate surface area is 199 Å². The highest BCUT2D eigenvalue weighted by atomic mass is 31.2. The van der Waals surface area contributed by atoms with Crippen molar-refractivity contribution < 1.29 is 32.8 Å². The van der Waals surface area contributed by atoms with E-state index in [-0.39, 0.29) is 18.5 Å². The summed E-state index contributed by atoms with van der Waals surface area (Å²) in [5, 5.41) is 10.2. The summed E-state index contributed by atoms with van der Waals surface area (Å²) in [5.41, 5.74) is 2.32. The number of halogens is 2. The summed E-state index contributed by atoms with van der Waals surface area (Å²) in [6, 6.07) is 12.5. The van der Waals surface area contributed by atoms with Crippen LogP contribution in [0.5, 0.6) is 11.5 Å². The lowest BCUT2D eigenvalue weighted by Gasteiger charge is -2.30. The first kappa shape index (κ1) is 25.2. The Morgan fingerprint density at radius 1 is 1.09 bits per heavy atom. The summed E-state index contributed by atoms with van der Waals surface area (Å²) in [6.07, 6.45) is 2.41. The predicted molar refractivity (Wildman–Crippen MR) is 128 cm³/mol. The van der Waals surface area contributed by atoms with E-state index in [1.807, 2.05) is 18.2 Å². The largest absolute Gasteiger partial charge is 0.497 e. The second-order valence-corrected chi connectivity index (χ2v) is 12.3. The molecule has 5 nitrogen and oxygen atoms in total. The quantitative estimate of drug-likeness (QED) is 0.412. The fourth-order valence-corrected chi connectivity index (χ4v) is 5.85. The van der Waals surface area contributed by atoms with Crippen LogP contribution in [0.3, 0.4) is 0 Å². The number of rotatable bonds is 9. The highest BCUT2D eigenvalue weighted by molar-refractivity contribution is 7.57. The molecular formula is C26H33F2O5P. The fourth-order valence-electron chi connectivity index (χ4n) is 4.99. The summed E-state index contributed by atoms with van der Waals surface area (Å²) in [7, 11) is -1.74. The van der Waals surface area contributed by atoms with Crippen LogP contribution in [-0.2, 0) is 4.57 Å². The van der Waals surface area contributed by atoms with Crippen molar-refractivity contribution >= 4 is 7.37 Å². The summed E-state index contributed by atoms with van der Waals surface area (Å²) in [5.74, 6) is -1.36. The molecule has 2 aromatic rings. The molecule has 0 radical (unpaired) electrons. The lowest BCUT2D eigenvalue weighted by molar-refractivity contribution is 0.112. The number of aliphatic hydroxyl groups is 1. The van der Waals surface area contributed by atoms with Gasteiger partial charge in [0, 0.05) is 13.1 Å². The van der Waals surface area contributed by atoms with Gasteiger partial charge in [-0.05, 0) is 78.5 Å². The Morgan fingerprint density at radius 3 is 2.41 bits per heavy atom. The Balaban J connectivity index is 1.34. The molecule has 0 saturated heterocycles. The zero-order valence-electron chi connectivity index (χ0n) is 19.6. The Bertz CT molecular complexity index is 1050. The highest BCUT2D eigenvalue weighted by Gasteiger charge is 2.58. The van der Waals surface area contributed by atoms with Crippen LogP contribution in [0.15, 0.2) is 42.5 Å². The van der Waals surface area contributed by atoms with E-state index in [1.165, 1.54) is 6.66 Å². The fraction of sp³-hybridized carbons (Fsp3) is 0.538. The van der Waals surface area contributed by atoms with Crippen LogP contribution in [0.4, 0.5) is 8.78 Å². The number of hydrogen-bond donors (Lipinski definition) is 2. The van der Waals surface area contributed by atoms with E-state index in [1.54, 1.807) is 31.4 Å². The number of aliphatic hydroxyl groups excluding tert-OH is 1. The molecule has 34 heavy (non-hydrogen) atoms. The smallest absolute Gasteiger partial charge is 0.255 e. The van der Waals surface area contributed by atoms with Gasteiger partial charge in [-0.25, -0.2) is 8.78 Å². The van der Waals surface area contributed by atoms with E-state index in [9.17, 15) is 23.3 Å². The minimum Gasteiger partial charge on any atom is -0.497 e. The average molecular weight is 495 g/mol. The Kier molecular flexibility index (Phi) is 7.37. The maximum atomic E-state index is 13.8. The molecule has 0 aliphatic heterocycles. The summed E-state index contributed by atoms with van der Waals surface area (Å²) in [6.45, 7) is 1.77. The molecule has 2 aliphatic rings. The summed E-state index contributed by atoms with van der Waals surface area (Å²) in [4.78, 5) is 9.52. The lowest BCUT2D eigenvalue weighted by atomic mass is 9.77. The van der Waals surface area contributed by atoms with E-state index in [0.717, 1.165) is 36.8 Å². The van der Waals surface area contributed by atoms with Crippen LogP contribution >= 0.6 is 7.37 Å². The topological polar surface area (TPSA) is 76.0 Å². The van der Waals surface area contributed by atoms with Crippen molar-refractivity contribution in [2.24, 2.45) is 5.92 Å². The highest BCUT2D eigenvalue weighted by Crippen LogP contribution is 2.58. The molecule has 2 saturated carbocycles. The van der Waals surface area contributed by atoms with Gasteiger partial charge in [0.2, 0.25) is 7.37 Å². The van der Waals surface area contributed by atoms with E-state index in [4.69, 9.17) is 9.47 Å². The monoisotopic (exact) mass is 494 g/mol. The van der Waals surface area contributed by atoms with E-state index in [0.29, 0.717) is 29.6 Å². The second kappa shape index (κ2) is 9.96. The van der Waals surface area contributed by atoms with E-state index >= 15 is 0 Å². The van der Waals surface area contributed by atoms with Crippen molar-refractivity contribution in [3.8, 4) is 11.5 Å². The Morgan fingerprint density at radius 2 is 1.79 bits per heavy atom. The van der Waals surface area contributed by atoms with Gasteiger partial charge >= 0.3 is 0 Å². The van der Waals surface area contributed by atoms with Crippen molar-refractivity contribution in [3.05, 3.63) is 59.2 Å². The molecule has 186 valence electrons. The zero-order valence-corrected chi connectivity index (χ0v) is 20.5. The molecule has 2 N–H and O–H groups in total. The van der Waals surface area contributed by atoms with Crippen molar-refractivity contribution in [3.63, 3.8) is 0 Å². The van der Waals surface area contributed by atoms with Gasteiger partial charge in [-0.15, -0.1) is 0 Å². The van der Waals surface area contributed by atoms with Crippen LogP contribution < -0.4 is 9.47 Å².